The minimum Gasteiger partial charge on any atom is -0.508 e. The number of piperazine rings is 1. The first-order chi connectivity index (χ1) is 27.1. The van der Waals surface area contributed by atoms with Crippen molar-refractivity contribution >= 4 is 42.0 Å². The van der Waals surface area contributed by atoms with Crippen molar-refractivity contribution in [2.75, 3.05) is 58.0 Å². The zero-order valence-electron chi connectivity index (χ0n) is 31.7. The molecular weight excluding hydrogens is 748 g/mol. The van der Waals surface area contributed by atoms with Gasteiger partial charge in [-0.25, -0.2) is 17.8 Å². The molecule has 4 aliphatic heterocycles. The molecule has 298 valence electrons. The number of fused-ring (bicyclic) bond motifs is 5. The smallest absolute Gasteiger partial charge is 0.318 e. The number of carbonyl (C=O) groups excluding carboxylic acids is 1. The number of phenols is 1. The van der Waals surface area contributed by atoms with E-state index in [4.69, 9.17) is 24.9 Å². The zero-order valence-corrected chi connectivity index (χ0v) is 32.6. The molecule has 2 bridgehead atoms. The Labute approximate surface area is 325 Å². The topological polar surface area (TPSA) is 123 Å². The number of hydrogen-bond donors (Lipinski definition) is 1. The number of ether oxygens (including phenoxy) is 2. The van der Waals surface area contributed by atoms with E-state index in [1.165, 1.54) is 50.4 Å². The highest BCUT2D eigenvalue weighted by Gasteiger charge is 2.46. The first-order valence-corrected chi connectivity index (χ1v) is 20.2. The van der Waals surface area contributed by atoms with Crippen molar-refractivity contribution in [2.45, 2.75) is 76.7 Å². The van der Waals surface area contributed by atoms with Crippen LogP contribution in [0.5, 0.6) is 11.8 Å². The molecule has 0 aliphatic carbocycles. The van der Waals surface area contributed by atoms with Crippen LogP contribution in [0.2, 0.25) is 0 Å². The number of benzene rings is 2. The van der Waals surface area contributed by atoms with Crippen LogP contribution in [-0.2, 0) is 18.6 Å². The molecule has 2 aromatic carbocycles. The molecule has 0 radical (unpaired) electrons. The number of phenolic OH excluding ortho intramolecular Hbond substituents is 1. The van der Waals surface area contributed by atoms with Crippen molar-refractivity contribution in [3.63, 3.8) is 0 Å². The molecule has 8 rings (SSSR count). The largest absolute Gasteiger partial charge is 0.508 e. The van der Waals surface area contributed by atoms with Crippen LogP contribution >= 0.6 is 8.53 Å². The Hall–Kier alpha value is -4.32. The average molecular weight is 795 g/mol. The van der Waals surface area contributed by atoms with Gasteiger partial charge in [0.25, 0.3) is 8.53 Å². The normalized spacial score (nSPS) is 22.5. The first kappa shape index (κ1) is 39.9. The molecular formula is C40H46F3N6O6P. The Balaban J connectivity index is 0.000000464. The molecule has 56 heavy (non-hydrogen) atoms. The lowest BCUT2D eigenvalue weighted by Crippen LogP contribution is -2.52. The van der Waals surface area contributed by atoms with Crippen LogP contribution < -0.4 is 9.64 Å². The van der Waals surface area contributed by atoms with E-state index in [2.05, 4.69) is 35.3 Å². The molecule has 4 fully saturated rings. The Bertz CT molecular complexity index is 2100. The monoisotopic (exact) mass is 794 g/mol. The zero-order chi connectivity index (χ0) is 39.5. The third-order valence-corrected chi connectivity index (χ3v) is 12.6. The Morgan fingerprint density at radius 3 is 2.54 bits per heavy atom. The first-order valence-electron chi connectivity index (χ1n) is 19.1. The molecule has 0 saturated carbocycles. The number of anilines is 1. The van der Waals surface area contributed by atoms with Gasteiger partial charge >= 0.3 is 12.0 Å². The van der Waals surface area contributed by atoms with Gasteiger partial charge in [0.1, 0.15) is 34.8 Å². The predicted octanol–water partition coefficient (Wildman–Crippen LogP) is 6.90. The molecule has 16 heteroatoms. The number of alkyl halides is 1. The maximum Gasteiger partial charge on any atom is 0.318 e. The van der Waals surface area contributed by atoms with Crippen LogP contribution in [0, 0.1) is 24.0 Å². The highest BCUT2D eigenvalue weighted by Crippen LogP contribution is 2.52. The van der Waals surface area contributed by atoms with Gasteiger partial charge in [0, 0.05) is 54.9 Å². The molecule has 0 amide bonds. The average Bonchev–Trinajstić information content (AvgIpc) is 3.85. The molecule has 4 aliphatic rings. The third kappa shape index (κ3) is 8.08. The summed E-state index contributed by atoms with van der Waals surface area (Å²) in [5, 5.41) is 11.5. The number of halogens is 3. The van der Waals surface area contributed by atoms with Gasteiger partial charge in [-0.3, -0.25) is 14.7 Å². The summed E-state index contributed by atoms with van der Waals surface area (Å²) in [5.74, 6) is 0.894. The lowest BCUT2D eigenvalue weighted by atomic mass is 9.96. The number of rotatable bonds is 11. The summed E-state index contributed by atoms with van der Waals surface area (Å²) in [4.78, 5) is 29.6. The van der Waals surface area contributed by atoms with E-state index >= 15 is 4.39 Å². The van der Waals surface area contributed by atoms with E-state index in [-0.39, 0.29) is 70.6 Å². The summed E-state index contributed by atoms with van der Waals surface area (Å²) in [6.07, 6.45) is 11.9. The lowest BCUT2D eigenvalue weighted by molar-refractivity contribution is -0.143. The second-order valence-electron chi connectivity index (χ2n) is 14.2. The van der Waals surface area contributed by atoms with Gasteiger partial charge in [0.05, 0.1) is 44.3 Å². The number of terminal acetylenes is 1. The standard InChI is InChI=1S/C33H34F2N5O6P.C7H12FN/c1-5-23-26(34)11-8-19-14-22(41)15-24(28(19)23)30-29(35)31-25(16-36-30)32(38-33(37-31)43-4)39-17-20-9-10-21(18-39)40(20)47(45-7-3)46-13-12-27(42)44-6-2;8-6-4-7-2-1-3-9(7)5-6/h1,8,11,14-16,20-21,41H,6-7,9-10,12-13,17-18H2,2-4H3;6-7H,1-5H2/t;6-,7?/m.1/s1. The highest BCUT2D eigenvalue weighted by molar-refractivity contribution is 7.44. The number of methoxy groups -OCH3 is 1. The van der Waals surface area contributed by atoms with Crippen LogP contribution in [0.25, 0.3) is 32.9 Å². The van der Waals surface area contributed by atoms with E-state index in [0.717, 1.165) is 25.8 Å². The van der Waals surface area contributed by atoms with Gasteiger partial charge in [0.2, 0.25) is 0 Å². The number of nitrogens with zero attached hydrogens (tertiary/aromatic N) is 6. The summed E-state index contributed by atoms with van der Waals surface area (Å²) in [5.41, 5.74) is -0.130. The Morgan fingerprint density at radius 1 is 1.05 bits per heavy atom. The maximum atomic E-state index is 16.5. The molecule has 4 aromatic rings. The summed E-state index contributed by atoms with van der Waals surface area (Å²) >= 11 is 0. The van der Waals surface area contributed by atoms with E-state index in [9.17, 15) is 18.7 Å². The van der Waals surface area contributed by atoms with Crippen LogP contribution in [0.1, 0.15) is 57.9 Å². The number of pyridine rings is 1. The molecule has 5 atom stereocenters. The number of hydrogen-bond acceptors (Lipinski definition) is 12. The minimum absolute atomic E-state index is 0.0340. The van der Waals surface area contributed by atoms with Crippen LogP contribution in [-0.4, -0.2) is 113 Å². The quantitative estimate of drug-likeness (QED) is 0.0966. The van der Waals surface area contributed by atoms with E-state index in [0.29, 0.717) is 55.5 Å². The minimum atomic E-state index is -1.42. The molecule has 2 aromatic heterocycles. The second-order valence-corrected chi connectivity index (χ2v) is 15.7. The van der Waals surface area contributed by atoms with Crippen molar-refractivity contribution in [3.8, 4) is 35.4 Å². The van der Waals surface area contributed by atoms with Gasteiger partial charge in [-0.05, 0) is 76.1 Å². The summed E-state index contributed by atoms with van der Waals surface area (Å²) in [6, 6.07) is 6.09. The highest BCUT2D eigenvalue weighted by atomic mass is 31.2. The van der Waals surface area contributed by atoms with Crippen molar-refractivity contribution in [2.24, 2.45) is 0 Å². The molecule has 0 spiro atoms. The molecule has 6 heterocycles. The van der Waals surface area contributed by atoms with Crippen molar-refractivity contribution < 1.29 is 41.6 Å². The lowest BCUT2D eigenvalue weighted by Gasteiger charge is -2.43. The summed E-state index contributed by atoms with van der Waals surface area (Å²) in [7, 11) is -0.0153. The predicted molar refractivity (Wildman–Crippen MR) is 207 cm³/mol. The Morgan fingerprint density at radius 2 is 1.84 bits per heavy atom. The molecule has 12 nitrogen and oxygen atoms in total. The summed E-state index contributed by atoms with van der Waals surface area (Å²) in [6.45, 7) is 7.57. The van der Waals surface area contributed by atoms with Crippen molar-refractivity contribution in [3.05, 3.63) is 47.7 Å². The summed E-state index contributed by atoms with van der Waals surface area (Å²) < 4.78 is 68.7. The van der Waals surface area contributed by atoms with E-state index < -0.39 is 26.3 Å². The second kappa shape index (κ2) is 17.4. The fraction of sp³-hybridized carbons (Fsp3) is 0.500. The fourth-order valence-electron chi connectivity index (χ4n) is 8.36. The van der Waals surface area contributed by atoms with Gasteiger partial charge in [-0.15, -0.1) is 6.42 Å². The van der Waals surface area contributed by atoms with Crippen LogP contribution in [0.15, 0.2) is 30.5 Å². The van der Waals surface area contributed by atoms with Crippen molar-refractivity contribution in [1.29, 1.82) is 0 Å². The SMILES string of the molecule is C#Cc1c(F)ccc2cc(O)cc(-c3ncc4c(N5CC6CCC(C5)N6P(OCC)OCCC(=O)OCC)nc(OC)nc4c3F)c12.F[C@@H]1CC2CCCN2C1. The fourth-order valence-corrected chi connectivity index (χ4v) is 10.1. The molecule has 1 N–H and O–H groups in total. The molecule has 4 unspecified atom stereocenters. The van der Waals surface area contributed by atoms with Crippen LogP contribution in [0.4, 0.5) is 19.0 Å². The number of carbonyl (C=O) groups is 1. The number of esters is 1. The Kier molecular flexibility index (Phi) is 12.4. The van der Waals surface area contributed by atoms with E-state index in [1.807, 2.05) is 6.92 Å². The molecule has 4 saturated heterocycles. The van der Waals surface area contributed by atoms with Crippen LogP contribution in [0.3, 0.4) is 0 Å². The number of aromatic hydroxyl groups is 1. The van der Waals surface area contributed by atoms with Crippen molar-refractivity contribution in [1.82, 2.24) is 24.5 Å². The third-order valence-electron chi connectivity index (χ3n) is 10.7. The van der Waals surface area contributed by atoms with Gasteiger partial charge < -0.3 is 28.5 Å². The maximum absolute atomic E-state index is 16.5. The van der Waals surface area contributed by atoms with Gasteiger partial charge in [-0.1, -0.05) is 12.0 Å². The van der Waals surface area contributed by atoms with Gasteiger partial charge in [0.15, 0.2) is 5.82 Å². The number of aromatic nitrogens is 3. The van der Waals surface area contributed by atoms with E-state index in [1.54, 1.807) is 6.92 Å². The van der Waals surface area contributed by atoms with Gasteiger partial charge in [-0.2, -0.15) is 9.97 Å².